The predicted molar refractivity (Wildman–Crippen MR) is 105 cm³/mol. The molecule has 0 saturated carbocycles. The molecule has 0 unspecified atom stereocenters. The Morgan fingerprint density at radius 1 is 1.35 bits per heavy atom. The summed E-state index contributed by atoms with van der Waals surface area (Å²) in [5.41, 5.74) is 3.04. The first-order valence-corrected chi connectivity index (χ1v) is 9.27. The van der Waals surface area contributed by atoms with Gasteiger partial charge in [0, 0.05) is 42.7 Å². The highest BCUT2D eigenvalue weighted by Crippen LogP contribution is 2.24. The minimum absolute atomic E-state index is 0. The van der Waals surface area contributed by atoms with E-state index in [1.54, 1.807) is 18.8 Å². The van der Waals surface area contributed by atoms with Gasteiger partial charge >= 0.3 is 0 Å². The molecule has 1 aliphatic rings. The number of halogens is 1. The van der Waals surface area contributed by atoms with Crippen LogP contribution in [0.4, 0.5) is 5.69 Å². The first-order valence-electron chi connectivity index (χ1n) is 8.05. The molecule has 0 saturated heterocycles. The summed E-state index contributed by atoms with van der Waals surface area (Å²) < 4.78 is 0. The number of carbonyl (C=O) groups is 2. The molecule has 7 nitrogen and oxygen atoms in total. The zero-order chi connectivity index (χ0) is 17.8. The van der Waals surface area contributed by atoms with Crippen molar-refractivity contribution >= 4 is 41.7 Å². The number of carbonyl (C=O) groups excluding carboxylic acids is 2. The molecule has 1 aliphatic heterocycles. The van der Waals surface area contributed by atoms with Gasteiger partial charge in [0.1, 0.15) is 0 Å². The number of amides is 2. The summed E-state index contributed by atoms with van der Waals surface area (Å²) >= 11 is 1.56. The number of hydrogen-bond donors (Lipinski definition) is 3. The van der Waals surface area contributed by atoms with E-state index in [0.29, 0.717) is 12.2 Å². The van der Waals surface area contributed by atoms with E-state index in [1.165, 1.54) is 4.90 Å². The minimum Gasteiger partial charge on any atom is -0.331 e. The van der Waals surface area contributed by atoms with E-state index in [-0.39, 0.29) is 30.8 Å². The lowest BCUT2D eigenvalue weighted by atomic mass is 10.1. The maximum absolute atomic E-state index is 12.6. The maximum atomic E-state index is 12.6. The quantitative estimate of drug-likeness (QED) is 0.673. The minimum atomic E-state index is -0.255. The molecule has 0 bridgehead atoms. The number of benzene rings is 1. The van der Waals surface area contributed by atoms with Crippen LogP contribution in [-0.4, -0.2) is 53.3 Å². The maximum Gasteiger partial charge on any atom is 0.274 e. The van der Waals surface area contributed by atoms with Crippen LogP contribution in [0.3, 0.4) is 0 Å². The number of thioether (sulfide) groups is 1. The van der Waals surface area contributed by atoms with Crippen LogP contribution in [0.1, 0.15) is 21.7 Å². The van der Waals surface area contributed by atoms with Crippen LogP contribution in [0.15, 0.2) is 29.2 Å². The highest BCUT2D eigenvalue weighted by Gasteiger charge is 2.25. The average Bonchev–Trinajstić information content (AvgIpc) is 3.05. The van der Waals surface area contributed by atoms with Gasteiger partial charge in [-0.3, -0.25) is 14.7 Å². The summed E-state index contributed by atoms with van der Waals surface area (Å²) in [7, 11) is 1.61. The van der Waals surface area contributed by atoms with Gasteiger partial charge in [0.2, 0.25) is 5.91 Å². The second-order valence-corrected chi connectivity index (χ2v) is 6.71. The fourth-order valence-corrected chi connectivity index (χ4v) is 3.36. The van der Waals surface area contributed by atoms with Crippen molar-refractivity contribution in [2.75, 3.05) is 31.7 Å². The highest BCUT2D eigenvalue weighted by atomic mass is 35.5. The third-order valence-corrected chi connectivity index (χ3v) is 4.91. The third kappa shape index (κ3) is 4.38. The molecule has 0 atom stereocenters. The van der Waals surface area contributed by atoms with Crippen molar-refractivity contribution < 1.29 is 9.59 Å². The number of para-hydroxylation sites is 1. The SMILES string of the molecule is CSc1ccccc1NC(=O)CN(C)C(=O)c1n[nH]c2c1CNCC2.Cl. The molecule has 26 heavy (non-hydrogen) atoms. The lowest BCUT2D eigenvalue weighted by molar-refractivity contribution is -0.116. The number of nitrogens with one attached hydrogen (secondary N) is 3. The molecular formula is C17H22ClN5O2S. The largest absolute Gasteiger partial charge is 0.331 e. The van der Waals surface area contributed by atoms with E-state index in [0.717, 1.165) is 34.8 Å². The summed E-state index contributed by atoms with van der Waals surface area (Å²) in [6.45, 7) is 1.46. The van der Waals surface area contributed by atoms with E-state index in [1.807, 2.05) is 30.5 Å². The van der Waals surface area contributed by atoms with Crippen LogP contribution in [0.5, 0.6) is 0 Å². The van der Waals surface area contributed by atoms with Gasteiger partial charge in [-0.2, -0.15) is 5.10 Å². The summed E-state index contributed by atoms with van der Waals surface area (Å²) in [5, 5.41) is 13.2. The van der Waals surface area contributed by atoms with Crippen molar-refractivity contribution in [2.45, 2.75) is 17.9 Å². The van der Waals surface area contributed by atoms with Gasteiger partial charge in [0.15, 0.2) is 5.69 Å². The van der Waals surface area contributed by atoms with E-state index < -0.39 is 0 Å². The molecule has 3 N–H and O–H groups in total. The van der Waals surface area contributed by atoms with Gasteiger partial charge in [0.05, 0.1) is 12.2 Å². The van der Waals surface area contributed by atoms with Crippen LogP contribution in [0.25, 0.3) is 0 Å². The Hall–Kier alpha value is -2.03. The van der Waals surface area contributed by atoms with Gasteiger partial charge in [-0.1, -0.05) is 12.1 Å². The molecule has 0 aliphatic carbocycles. The molecule has 2 heterocycles. The molecule has 1 aromatic carbocycles. The zero-order valence-electron chi connectivity index (χ0n) is 14.7. The van der Waals surface area contributed by atoms with E-state index in [9.17, 15) is 9.59 Å². The van der Waals surface area contributed by atoms with Crippen molar-refractivity contribution in [1.29, 1.82) is 0 Å². The van der Waals surface area contributed by atoms with Gasteiger partial charge in [-0.25, -0.2) is 0 Å². The van der Waals surface area contributed by atoms with Crippen LogP contribution < -0.4 is 10.6 Å². The molecule has 3 rings (SSSR count). The number of likely N-dealkylation sites (N-methyl/N-ethyl adjacent to an activating group) is 1. The topological polar surface area (TPSA) is 90.1 Å². The Labute approximate surface area is 162 Å². The molecule has 0 radical (unpaired) electrons. The van der Waals surface area contributed by atoms with Crippen molar-refractivity contribution in [3.05, 3.63) is 41.2 Å². The molecule has 0 fully saturated rings. The second-order valence-electron chi connectivity index (χ2n) is 5.87. The van der Waals surface area contributed by atoms with E-state index >= 15 is 0 Å². The van der Waals surface area contributed by atoms with Crippen molar-refractivity contribution in [3.8, 4) is 0 Å². The van der Waals surface area contributed by atoms with Crippen molar-refractivity contribution in [2.24, 2.45) is 0 Å². The molecule has 2 aromatic rings. The summed E-state index contributed by atoms with van der Waals surface area (Å²) in [6, 6.07) is 7.58. The molecule has 0 spiro atoms. The molecule has 2 amide bonds. The molecule has 140 valence electrons. The van der Waals surface area contributed by atoms with Gasteiger partial charge in [-0.05, 0) is 18.4 Å². The van der Waals surface area contributed by atoms with Crippen molar-refractivity contribution in [1.82, 2.24) is 20.4 Å². The summed E-state index contributed by atoms with van der Waals surface area (Å²) in [6.07, 6.45) is 2.78. The number of anilines is 1. The third-order valence-electron chi connectivity index (χ3n) is 4.12. The van der Waals surface area contributed by atoms with Gasteiger partial charge < -0.3 is 15.5 Å². The number of aromatic nitrogens is 2. The zero-order valence-corrected chi connectivity index (χ0v) is 16.3. The van der Waals surface area contributed by atoms with Crippen molar-refractivity contribution in [3.63, 3.8) is 0 Å². The van der Waals surface area contributed by atoms with Crippen LogP contribution in [-0.2, 0) is 17.8 Å². The fourth-order valence-electron chi connectivity index (χ4n) is 2.81. The van der Waals surface area contributed by atoms with E-state index in [2.05, 4.69) is 20.8 Å². The molecule has 9 heteroatoms. The summed E-state index contributed by atoms with van der Waals surface area (Å²) in [5.74, 6) is -0.491. The Morgan fingerprint density at radius 2 is 2.12 bits per heavy atom. The van der Waals surface area contributed by atoms with Crippen LogP contribution in [0.2, 0.25) is 0 Å². The number of aromatic amines is 1. The number of hydrogen-bond acceptors (Lipinski definition) is 5. The average molecular weight is 396 g/mol. The van der Waals surface area contributed by atoms with Gasteiger partial charge in [0.25, 0.3) is 5.91 Å². The number of rotatable bonds is 5. The Morgan fingerprint density at radius 3 is 2.88 bits per heavy atom. The molecule has 1 aromatic heterocycles. The normalized spacial score (nSPS) is 12.7. The van der Waals surface area contributed by atoms with Gasteiger partial charge in [-0.15, -0.1) is 24.2 Å². The first kappa shape index (κ1) is 20.3. The van der Waals surface area contributed by atoms with Crippen LogP contribution >= 0.6 is 24.2 Å². The van der Waals surface area contributed by atoms with Crippen LogP contribution in [0, 0.1) is 0 Å². The monoisotopic (exact) mass is 395 g/mol. The fraction of sp³-hybridized carbons (Fsp3) is 0.353. The Balaban J connectivity index is 0.00000243. The van der Waals surface area contributed by atoms with E-state index in [4.69, 9.17) is 0 Å². The second kappa shape index (κ2) is 9.07. The number of nitrogens with zero attached hydrogens (tertiary/aromatic N) is 2. The smallest absolute Gasteiger partial charge is 0.274 e. The standard InChI is InChI=1S/C17H21N5O2S.ClH/c1-22(10-15(23)19-13-5-3-4-6-14(13)25-2)17(24)16-11-9-18-8-7-12(11)20-21-16;/h3-6,18H,7-10H2,1-2H3,(H,19,23)(H,20,21);1H. The summed E-state index contributed by atoms with van der Waals surface area (Å²) in [4.78, 5) is 27.3. The Bertz CT molecular complexity index is 795. The number of H-pyrrole nitrogens is 1. The lowest BCUT2D eigenvalue weighted by Gasteiger charge is -2.18. The molecular weight excluding hydrogens is 374 g/mol. The lowest BCUT2D eigenvalue weighted by Crippen LogP contribution is -2.36. The first-order chi connectivity index (χ1) is 12.1. The highest BCUT2D eigenvalue weighted by molar-refractivity contribution is 7.98. The predicted octanol–water partition coefficient (Wildman–Crippen LogP) is 1.91. The number of fused-ring (bicyclic) bond motifs is 1. The Kier molecular flexibility index (Phi) is 7.07.